The third-order valence-electron chi connectivity index (χ3n) is 3.40. The molecular weight excluding hydrogens is 268 g/mol. The highest BCUT2D eigenvalue weighted by Crippen LogP contribution is 2.23. The summed E-state index contributed by atoms with van der Waals surface area (Å²) >= 11 is 0. The molecule has 0 amide bonds. The van der Waals surface area contributed by atoms with Crippen LogP contribution in [0.25, 0.3) is 0 Å². The van der Waals surface area contributed by atoms with Crippen LogP contribution in [-0.4, -0.2) is 41.2 Å². The minimum absolute atomic E-state index is 0.136. The molecule has 1 atom stereocenters. The van der Waals surface area contributed by atoms with Gasteiger partial charge in [-0.05, 0) is 46.2 Å². The molecule has 5 nitrogen and oxygen atoms in total. The maximum absolute atomic E-state index is 12.3. The summed E-state index contributed by atoms with van der Waals surface area (Å²) in [6, 6.07) is 5.52. The summed E-state index contributed by atoms with van der Waals surface area (Å²) < 4.78 is 10.6. The number of nitrogens with zero attached hydrogens (tertiary/aromatic N) is 2. The van der Waals surface area contributed by atoms with Crippen LogP contribution in [0, 0.1) is 0 Å². The van der Waals surface area contributed by atoms with Crippen LogP contribution in [0.15, 0.2) is 18.2 Å². The molecule has 0 N–H and O–H groups in total. The molecule has 0 aromatic carbocycles. The van der Waals surface area contributed by atoms with E-state index in [4.69, 9.17) is 9.47 Å². The molecule has 21 heavy (non-hydrogen) atoms. The molecular formula is C16H24N2O3. The third kappa shape index (κ3) is 4.43. The second-order valence-electron chi connectivity index (χ2n) is 6.33. The van der Waals surface area contributed by atoms with Crippen molar-refractivity contribution in [2.45, 2.75) is 51.8 Å². The number of carbonyl (C=O) groups is 1. The van der Waals surface area contributed by atoms with Crippen LogP contribution in [0.4, 0.5) is 0 Å². The van der Waals surface area contributed by atoms with Crippen molar-refractivity contribution in [3.8, 4) is 5.88 Å². The number of carbonyl (C=O) groups excluding carboxylic acids is 1. The number of methoxy groups -OCH3 is 1. The highest BCUT2D eigenvalue weighted by Gasteiger charge is 2.34. The number of hydrogen-bond acceptors (Lipinski definition) is 5. The largest absolute Gasteiger partial charge is 0.481 e. The molecule has 1 aliphatic rings. The lowest BCUT2D eigenvalue weighted by Gasteiger charge is -2.27. The van der Waals surface area contributed by atoms with Crippen LogP contribution in [0.5, 0.6) is 5.88 Å². The molecule has 2 rings (SSSR count). The first-order valence-electron chi connectivity index (χ1n) is 7.36. The molecule has 1 fully saturated rings. The topological polar surface area (TPSA) is 51.7 Å². The first-order valence-corrected chi connectivity index (χ1v) is 7.36. The minimum atomic E-state index is -0.445. The van der Waals surface area contributed by atoms with Crippen LogP contribution in [0.3, 0.4) is 0 Å². The molecule has 0 unspecified atom stereocenters. The Morgan fingerprint density at radius 2 is 2.19 bits per heavy atom. The van der Waals surface area contributed by atoms with E-state index in [-0.39, 0.29) is 12.0 Å². The molecule has 0 bridgehead atoms. The predicted molar refractivity (Wildman–Crippen MR) is 80.1 cm³/mol. The van der Waals surface area contributed by atoms with Crippen LogP contribution in [0.1, 0.15) is 39.3 Å². The van der Waals surface area contributed by atoms with E-state index in [1.165, 1.54) is 0 Å². The molecule has 1 saturated heterocycles. The van der Waals surface area contributed by atoms with E-state index in [0.29, 0.717) is 12.4 Å². The lowest BCUT2D eigenvalue weighted by Crippen LogP contribution is -2.40. The average Bonchev–Trinajstić information content (AvgIpc) is 2.85. The highest BCUT2D eigenvalue weighted by molar-refractivity contribution is 5.76. The first kappa shape index (κ1) is 15.8. The van der Waals surface area contributed by atoms with Gasteiger partial charge in [-0.1, -0.05) is 6.07 Å². The second-order valence-corrected chi connectivity index (χ2v) is 6.33. The molecule has 116 valence electrons. The van der Waals surface area contributed by atoms with E-state index in [1.807, 2.05) is 39.0 Å². The Balaban J connectivity index is 2.03. The van der Waals surface area contributed by atoms with Crippen molar-refractivity contribution in [3.05, 3.63) is 23.9 Å². The highest BCUT2D eigenvalue weighted by atomic mass is 16.6. The fraction of sp³-hybridized carbons (Fsp3) is 0.625. The smallest absolute Gasteiger partial charge is 0.323 e. The Hall–Kier alpha value is -1.62. The van der Waals surface area contributed by atoms with E-state index < -0.39 is 5.60 Å². The van der Waals surface area contributed by atoms with E-state index in [1.54, 1.807) is 7.11 Å². The summed E-state index contributed by atoms with van der Waals surface area (Å²) in [5, 5.41) is 0. The molecule has 1 aromatic heterocycles. The number of hydrogen-bond donors (Lipinski definition) is 0. The van der Waals surface area contributed by atoms with Crippen molar-refractivity contribution in [2.75, 3.05) is 13.7 Å². The summed E-state index contributed by atoms with van der Waals surface area (Å²) in [5.74, 6) is 0.461. The SMILES string of the molecule is COc1cccc(CN2CCC[C@H]2C(=O)OC(C)(C)C)n1. The number of esters is 1. The van der Waals surface area contributed by atoms with Crippen molar-refractivity contribution in [1.82, 2.24) is 9.88 Å². The van der Waals surface area contributed by atoms with Gasteiger partial charge in [0.1, 0.15) is 11.6 Å². The molecule has 1 aromatic rings. The van der Waals surface area contributed by atoms with E-state index in [2.05, 4.69) is 9.88 Å². The van der Waals surface area contributed by atoms with Gasteiger partial charge in [0.15, 0.2) is 0 Å². The van der Waals surface area contributed by atoms with Crippen molar-refractivity contribution in [1.29, 1.82) is 0 Å². The van der Waals surface area contributed by atoms with Gasteiger partial charge in [0.2, 0.25) is 5.88 Å². The van der Waals surface area contributed by atoms with Gasteiger partial charge in [0.05, 0.1) is 12.8 Å². The normalized spacial score (nSPS) is 19.5. The van der Waals surface area contributed by atoms with Gasteiger partial charge in [0.25, 0.3) is 0 Å². The van der Waals surface area contributed by atoms with E-state index in [9.17, 15) is 4.79 Å². The van der Waals surface area contributed by atoms with Crippen molar-refractivity contribution in [2.24, 2.45) is 0 Å². The standard InChI is InChI=1S/C16H24N2O3/c1-16(2,3)21-15(19)13-8-6-10-18(13)11-12-7-5-9-14(17-12)20-4/h5,7,9,13H,6,8,10-11H2,1-4H3/t13-/m0/s1. The van der Waals surface area contributed by atoms with Crippen molar-refractivity contribution < 1.29 is 14.3 Å². The lowest BCUT2D eigenvalue weighted by molar-refractivity contribution is -0.160. The van der Waals surface area contributed by atoms with Gasteiger partial charge in [-0.2, -0.15) is 0 Å². The van der Waals surface area contributed by atoms with E-state index >= 15 is 0 Å². The van der Waals surface area contributed by atoms with E-state index in [0.717, 1.165) is 25.1 Å². The number of aromatic nitrogens is 1. The number of pyridine rings is 1. The maximum atomic E-state index is 12.3. The molecule has 0 radical (unpaired) electrons. The Kier molecular flexibility index (Phi) is 4.83. The molecule has 5 heteroatoms. The molecule has 0 saturated carbocycles. The summed E-state index contributed by atoms with van der Waals surface area (Å²) in [6.45, 7) is 7.22. The zero-order valence-corrected chi connectivity index (χ0v) is 13.3. The molecule has 1 aliphatic heterocycles. The Morgan fingerprint density at radius 3 is 2.86 bits per heavy atom. The number of likely N-dealkylation sites (tertiary alicyclic amines) is 1. The number of rotatable bonds is 4. The van der Waals surface area contributed by atoms with Crippen molar-refractivity contribution in [3.63, 3.8) is 0 Å². The van der Waals surface area contributed by atoms with Gasteiger partial charge in [-0.15, -0.1) is 0 Å². The van der Waals surface area contributed by atoms with Gasteiger partial charge in [-0.25, -0.2) is 4.98 Å². The molecule has 0 spiro atoms. The van der Waals surface area contributed by atoms with Gasteiger partial charge < -0.3 is 9.47 Å². The summed E-state index contributed by atoms with van der Waals surface area (Å²) in [5.41, 5.74) is 0.462. The Labute approximate surface area is 126 Å². The fourth-order valence-electron chi connectivity index (χ4n) is 2.52. The Bertz CT molecular complexity index is 497. The third-order valence-corrected chi connectivity index (χ3v) is 3.40. The second kappa shape index (κ2) is 6.43. The van der Waals surface area contributed by atoms with Gasteiger partial charge >= 0.3 is 5.97 Å². The van der Waals surface area contributed by atoms with Gasteiger partial charge in [0, 0.05) is 12.6 Å². The van der Waals surface area contributed by atoms with Gasteiger partial charge in [-0.3, -0.25) is 9.69 Å². The van der Waals surface area contributed by atoms with Crippen LogP contribution in [-0.2, 0) is 16.1 Å². The predicted octanol–water partition coefficient (Wildman–Crippen LogP) is 2.40. The Morgan fingerprint density at radius 1 is 1.43 bits per heavy atom. The molecule has 2 heterocycles. The number of ether oxygens (including phenoxy) is 2. The fourth-order valence-corrected chi connectivity index (χ4v) is 2.52. The zero-order valence-electron chi connectivity index (χ0n) is 13.3. The monoisotopic (exact) mass is 292 g/mol. The summed E-state index contributed by atoms with van der Waals surface area (Å²) in [4.78, 5) is 18.8. The van der Waals surface area contributed by atoms with Crippen LogP contribution in [0.2, 0.25) is 0 Å². The first-order chi connectivity index (χ1) is 9.89. The zero-order chi connectivity index (χ0) is 15.5. The van der Waals surface area contributed by atoms with Crippen LogP contribution >= 0.6 is 0 Å². The minimum Gasteiger partial charge on any atom is -0.481 e. The quantitative estimate of drug-likeness (QED) is 0.798. The lowest BCUT2D eigenvalue weighted by atomic mass is 10.1. The summed E-state index contributed by atoms with van der Waals surface area (Å²) in [7, 11) is 1.60. The average molecular weight is 292 g/mol. The van der Waals surface area contributed by atoms with Crippen molar-refractivity contribution >= 4 is 5.97 Å². The summed E-state index contributed by atoms with van der Waals surface area (Å²) in [6.07, 6.45) is 1.85. The van der Waals surface area contributed by atoms with Crippen LogP contribution < -0.4 is 4.74 Å². The maximum Gasteiger partial charge on any atom is 0.323 e. The molecule has 0 aliphatic carbocycles.